The van der Waals surface area contributed by atoms with Crippen LogP contribution in [0.25, 0.3) is 0 Å². The van der Waals surface area contributed by atoms with Gasteiger partial charge in [-0.25, -0.2) is 4.79 Å². The Morgan fingerprint density at radius 3 is 2.32 bits per heavy atom. The summed E-state index contributed by atoms with van der Waals surface area (Å²) in [6, 6.07) is 17.2. The Morgan fingerprint density at radius 2 is 1.64 bits per heavy atom. The predicted molar refractivity (Wildman–Crippen MR) is 206 cm³/mol. The summed E-state index contributed by atoms with van der Waals surface area (Å²) in [6.45, 7) is 7.99. The third-order valence-corrected chi connectivity index (χ3v) is 9.52. The van der Waals surface area contributed by atoms with Gasteiger partial charge in [0.1, 0.15) is 29.2 Å². The van der Waals surface area contributed by atoms with Crippen molar-refractivity contribution in [2.24, 2.45) is 0 Å². The molecule has 0 radical (unpaired) electrons. The highest BCUT2D eigenvalue weighted by Crippen LogP contribution is 2.31. The van der Waals surface area contributed by atoms with Crippen LogP contribution in [-0.4, -0.2) is 81.9 Å². The Labute approximate surface area is 326 Å². The molecule has 14 nitrogen and oxygen atoms in total. The Kier molecular flexibility index (Phi) is 13.5. The molecule has 3 aliphatic heterocycles. The smallest absolute Gasteiger partial charge is 0.333 e. The van der Waals surface area contributed by atoms with Crippen molar-refractivity contribution < 1.29 is 43.3 Å². The molecule has 5 bridgehead atoms. The molecule has 3 aromatic carbocycles. The molecule has 0 saturated heterocycles. The van der Waals surface area contributed by atoms with Crippen LogP contribution in [0.5, 0.6) is 11.5 Å². The number of hydrogen-bond acceptors (Lipinski definition) is 9. The van der Waals surface area contributed by atoms with Crippen LogP contribution in [0.2, 0.25) is 0 Å². The van der Waals surface area contributed by atoms with E-state index in [4.69, 9.17) is 9.47 Å². The van der Waals surface area contributed by atoms with E-state index in [2.05, 4.69) is 21.3 Å². The highest BCUT2D eigenvalue weighted by molar-refractivity contribution is 5.94. The van der Waals surface area contributed by atoms with Crippen molar-refractivity contribution in [3.63, 3.8) is 0 Å². The van der Waals surface area contributed by atoms with Gasteiger partial charge in [0.2, 0.25) is 23.6 Å². The van der Waals surface area contributed by atoms with Crippen molar-refractivity contribution in [2.75, 3.05) is 6.54 Å². The minimum absolute atomic E-state index is 0.0481. The Balaban J connectivity index is 1.29. The van der Waals surface area contributed by atoms with Gasteiger partial charge >= 0.3 is 5.97 Å². The molecule has 3 heterocycles. The summed E-state index contributed by atoms with van der Waals surface area (Å²) >= 11 is 0. The predicted octanol–water partition coefficient (Wildman–Crippen LogP) is 3.14. The van der Waals surface area contributed by atoms with E-state index in [1.165, 1.54) is 4.90 Å². The SMILES string of the molecule is CCCC(NC(=O)C1Cc2ccc3cc2CN1C(=O)[C@H](C)NC(=O)CCc1ccc(cc1)O3)C(O)C(=O)NCC(=O)N[C@H](C(=O)OC(C)(C)C)c1ccccc1. The molecule has 0 saturated carbocycles. The van der Waals surface area contributed by atoms with Crippen LogP contribution in [-0.2, 0) is 52.9 Å². The van der Waals surface area contributed by atoms with E-state index in [0.29, 0.717) is 29.9 Å². The van der Waals surface area contributed by atoms with E-state index >= 15 is 0 Å². The van der Waals surface area contributed by atoms with Crippen molar-refractivity contribution in [1.82, 2.24) is 26.2 Å². The Bertz CT molecular complexity index is 1910. The van der Waals surface area contributed by atoms with Crippen molar-refractivity contribution in [3.8, 4) is 11.5 Å². The number of nitrogens with one attached hydrogen (secondary N) is 4. The van der Waals surface area contributed by atoms with Gasteiger partial charge in [0.15, 0.2) is 12.1 Å². The Morgan fingerprint density at radius 1 is 0.946 bits per heavy atom. The molecule has 56 heavy (non-hydrogen) atoms. The summed E-state index contributed by atoms with van der Waals surface area (Å²) in [4.78, 5) is 81.5. The maximum Gasteiger partial charge on any atom is 0.333 e. The first kappa shape index (κ1) is 41.4. The molecule has 0 aliphatic carbocycles. The van der Waals surface area contributed by atoms with Crippen LogP contribution in [0.15, 0.2) is 72.8 Å². The lowest BCUT2D eigenvalue weighted by atomic mass is 9.92. The van der Waals surface area contributed by atoms with Crippen molar-refractivity contribution in [2.45, 2.75) is 109 Å². The number of nitrogens with zero attached hydrogens (tertiary/aromatic N) is 1. The molecule has 3 unspecified atom stereocenters. The second-order valence-electron chi connectivity index (χ2n) is 15.2. The fourth-order valence-electron chi connectivity index (χ4n) is 6.68. The van der Waals surface area contributed by atoms with Gasteiger partial charge in [0.05, 0.1) is 12.6 Å². The van der Waals surface area contributed by atoms with Crippen LogP contribution in [0, 0.1) is 0 Å². The fraction of sp³-hybridized carbons (Fsp3) is 0.429. The number of fused-ring (bicyclic) bond motifs is 7. The van der Waals surface area contributed by atoms with Gasteiger partial charge in [-0.05, 0) is 87.1 Å². The van der Waals surface area contributed by atoms with Gasteiger partial charge in [-0.3, -0.25) is 24.0 Å². The molecule has 5 N–H and O–H groups in total. The monoisotopic (exact) mass is 769 g/mol. The third kappa shape index (κ3) is 10.9. The number of esters is 1. The largest absolute Gasteiger partial charge is 0.458 e. The quantitative estimate of drug-likeness (QED) is 0.182. The molecular weight excluding hydrogens is 718 g/mol. The number of benzene rings is 3. The van der Waals surface area contributed by atoms with Crippen LogP contribution in [0.3, 0.4) is 0 Å². The molecule has 0 fully saturated rings. The molecule has 5 amide bonds. The van der Waals surface area contributed by atoms with E-state index in [0.717, 1.165) is 16.7 Å². The number of aryl methyl sites for hydroxylation is 1. The number of ether oxygens (including phenoxy) is 2. The third-order valence-electron chi connectivity index (χ3n) is 9.52. The average Bonchev–Trinajstić information content (AvgIpc) is 3.16. The molecule has 0 spiro atoms. The fourth-order valence-corrected chi connectivity index (χ4v) is 6.68. The molecule has 5 atom stereocenters. The van der Waals surface area contributed by atoms with Crippen LogP contribution < -0.4 is 26.0 Å². The summed E-state index contributed by atoms with van der Waals surface area (Å²) in [7, 11) is 0. The zero-order valence-corrected chi connectivity index (χ0v) is 32.4. The van der Waals surface area contributed by atoms with E-state index in [-0.39, 0.29) is 31.7 Å². The Hall–Kier alpha value is -5.76. The van der Waals surface area contributed by atoms with Gasteiger partial charge in [0.25, 0.3) is 5.91 Å². The lowest BCUT2D eigenvalue weighted by Gasteiger charge is -2.38. The number of aliphatic hydroxyl groups is 1. The zero-order valence-electron chi connectivity index (χ0n) is 32.4. The molecule has 6 rings (SSSR count). The first-order chi connectivity index (χ1) is 26.6. The molecular formula is C42H51N5O9. The van der Waals surface area contributed by atoms with Crippen LogP contribution in [0.4, 0.5) is 0 Å². The topological polar surface area (TPSA) is 192 Å². The van der Waals surface area contributed by atoms with Crippen molar-refractivity contribution in [3.05, 3.63) is 95.1 Å². The minimum atomic E-state index is -1.76. The van der Waals surface area contributed by atoms with Gasteiger partial charge in [0, 0.05) is 19.4 Å². The number of amides is 5. The van der Waals surface area contributed by atoms with Crippen LogP contribution >= 0.6 is 0 Å². The van der Waals surface area contributed by atoms with Crippen molar-refractivity contribution in [1.29, 1.82) is 0 Å². The van der Waals surface area contributed by atoms with E-state index in [9.17, 15) is 33.9 Å². The number of carbonyl (C=O) groups is 6. The molecule has 298 valence electrons. The number of hydrogen-bond donors (Lipinski definition) is 5. The first-order valence-electron chi connectivity index (χ1n) is 18.9. The summed E-state index contributed by atoms with van der Waals surface area (Å²) < 4.78 is 11.6. The van der Waals surface area contributed by atoms with Crippen LogP contribution in [0.1, 0.15) is 82.2 Å². The number of rotatable bonds is 11. The maximum absolute atomic E-state index is 14.1. The molecule has 3 aromatic rings. The van der Waals surface area contributed by atoms with E-state index < -0.39 is 72.0 Å². The molecule has 0 aromatic heterocycles. The van der Waals surface area contributed by atoms with Crippen molar-refractivity contribution >= 4 is 35.5 Å². The lowest BCUT2D eigenvalue weighted by Crippen LogP contribution is -2.60. The summed E-state index contributed by atoms with van der Waals surface area (Å²) in [5, 5.41) is 21.7. The second-order valence-corrected chi connectivity index (χ2v) is 15.2. The van der Waals surface area contributed by atoms with Gasteiger partial charge in [-0.1, -0.05) is 61.9 Å². The first-order valence-corrected chi connectivity index (χ1v) is 18.9. The summed E-state index contributed by atoms with van der Waals surface area (Å²) in [5.74, 6) is -2.51. The maximum atomic E-state index is 14.1. The number of carbonyl (C=O) groups excluding carboxylic acids is 6. The van der Waals surface area contributed by atoms with E-state index in [1.54, 1.807) is 64.1 Å². The van der Waals surface area contributed by atoms with Gasteiger partial charge in [-0.2, -0.15) is 0 Å². The normalized spacial score (nSPS) is 18.5. The highest BCUT2D eigenvalue weighted by Gasteiger charge is 2.39. The minimum Gasteiger partial charge on any atom is -0.458 e. The standard InChI is InChI=1S/C42H51N5O9/c1-6-10-32(37(50)39(52)43-23-35(49)46-36(27-11-8-7-9-12-27)41(54)56-42(3,4)5)45-38(51)33-22-28-16-19-31-21-29(28)24-47(33)40(53)25(2)44-34(48)20-15-26-13-17-30(55-31)18-14-26/h7-9,11-14,16-19,21,25,32-33,36-37,50H,6,10,15,20,22-24H2,1-5H3,(H,43,52)(H,44,48)(H,45,51)(H,46,49)/t25-,32?,33?,36-,37?/m0/s1. The molecule has 14 heteroatoms. The zero-order chi connectivity index (χ0) is 40.6. The lowest BCUT2D eigenvalue weighted by molar-refractivity contribution is -0.158. The summed E-state index contributed by atoms with van der Waals surface area (Å²) in [6.07, 6.45) is -0.332. The average molecular weight is 770 g/mol. The number of aliphatic hydroxyl groups excluding tert-OH is 1. The van der Waals surface area contributed by atoms with Gasteiger partial charge in [-0.15, -0.1) is 0 Å². The highest BCUT2D eigenvalue weighted by atomic mass is 16.6. The molecule has 3 aliphatic rings. The second kappa shape index (κ2) is 18.2. The van der Waals surface area contributed by atoms with E-state index in [1.807, 2.05) is 43.3 Å². The van der Waals surface area contributed by atoms with Gasteiger partial charge < -0.3 is 40.7 Å². The summed E-state index contributed by atoms with van der Waals surface area (Å²) in [5.41, 5.74) is 2.18.